The van der Waals surface area contributed by atoms with Crippen LogP contribution in [0.3, 0.4) is 0 Å². The van der Waals surface area contributed by atoms with Gasteiger partial charge in [-0.2, -0.15) is 13.2 Å². The quantitative estimate of drug-likeness (QED) is 0.905. The van der Waals surface area contributed by atoms with Crippen molar-refractivity contribution in [2.75, 3.05) is 24.5 Å². The number of alkyl halides is 3. The normalized spacial score (nSPS) is 18.1. The molecule has 1 unspecified atom stereocenters. The van der Waals surface area contributed by atoms with Crippen LogP contribution in [0.5, 0.6) is 0 Å². The summed E-state index contributed by atoms with van der Waals surface area (Å²) >= 11 is 0. The van der Waals surface area contributed by atoms with E-state index in [9.17, 15) is 13.2 Å². The van der Waals surface area contributed by atoms with Gasteiger partial charge in [0.2, 0.25) is 0 Å². The van der Waals surface area contributed by atoms with E-state index < -0.39 is 18.6 Å². The molecule has 1 aliphatic heterocycles. The Bertz CT molecular complexity index is 383. The van der Waals surface area contributed by atoms with Gasteiger partial charge in [-0.1, -0.05) is 6.07 Å². The molecule has 0 saturated carbocycles. The maximum Gasteiger partial charge on any atom is 0.397 e. The van der Waals surface area contributed by atoms with Gasteiger partial charge in [0.1, 0.15) is 5.82 Å². The van der Waals surface area contributed by atoms with Gasteiger partial charge >= 0.3 is 6.18 Å². The van der Waals surface area contributed by atoms with Crippen LogP contribution in [0.1, 0.15) is 24.3 Å². The topological polar surface area (TPSA) is 42.1 Å². The summed E-state index contributed by atoms with van der Waals surface area (Å²) in [6, 6.07) is 3.13. The van der Waals surface area contributed by atoms with Crippen molar-refractivity contribution in [3.05, 3.63) is 23.9 Å². The summed E-state index contributed by atoms with van der Waals surface area (Å²) in [7, 11) is 0. The molecule has 18 heavy (non-hydrogen) atoms. The van der Waals surface area contributed by atoms with Gasteiger partial charge < -0.3 is 10.6 Å². The van der Waals surface area contributed by atoms with Crippen LogP contribution in [0.2, 0.25) is 0 Å². The zero-order valence-electron chi connectivity index (χ0n) is 9.95. The third-order valence-electron chi connectivity index (χ3n) is 3.23. The van der Waals surface area contributed by atoms with Crippen molar-refractivity contribution >= 4 is 5.82 Å². The van der Waals surface area contributed by atoms with Crippen LogP contribution in [0, 0.1) is 0 Å². The molecule has 1 saturated heterocycles. The van der Waals surface area contributed by atoms with Gasteiger partial charge in [-0.15, -0.1) is 0 Å². The van der Waals surface area contributed by atoms with Gasteiger partial charge in [0.25, 0.3) is 0 Å². The molecule has 2 N–H and O–H groups in total. The Balaban J connectivity index is 2.15. The summed E-state index contributed by atoms with van der Waals surface area (Å²) < 4.78 is 38.1. The third kappa shape index (κ3) is 2.75. The largest absolute Gasteiger partial charge is 0.397 e. The molecular formula is C12H16F3N3. The second-order valence-electron chi connectivity index (χ2n) is 4.47. The number of nitrogens with zero attached hydrogens (tertiary/aromatic N) is 2. The van der Waals surface area contributed by atoms with Crippen LogP contribution in [-0.4, -0.2) is 30.8 Å². The number of aromatic nitrogens is 1. The van der Waals surface area contributed by atoms with E-state index in [0.29, 0.717) is 0 Å². The zero-order chi connectivity index (χ0) is 13.2. The Morgan fingerprint density at radius 3 is 2.39 bits per heavy atom. The Hall–Kier alpha value is -1.30. The maximum absolute atomic E-state index is 12.7. The Kier molecular flexibility index (Phi) is 3.75. The highest BCUT2D eigenvalue weighted by Crippen LogP contribution is 2.34. The molecule has 2 heterocycles. The Labute approximate surface area is 104 Å². The van der Waals surface area contributed by atoms with Crippen molar-refractivity contribution in [2.45, 2.75) is 24.9 Å². The summed E-state index contributed by atoms with van der Waals surface area (Å²) in [5, 5.41) is 0. The lowest BCUT2D eigenvalue weighted by atomic mass is 10.0. The van der Waals surface area contributed by atoms with Gasteiger partial charge in [0.05, 0.1) is 5.92 Å². The average Bonchev–Trinajstić information content (AvgIpc) is 2.82. The number of anilines is 1. The van der Waals surface area contributed by atoms with E-state index >= 15 is 0 Å². The molecule has 0 aromatic carbocycles. The molecule has 1 aromatic heterocycles. The van der Waals surface area contributed by atoms with Crippen LogP contribution < -0.4 is 10.6 Å². The molecule has 1 aromatic rings. The molecule has 0 amide bonds. The fraction of sp³-hybridized carbons (Fsp3) is 0.583. The molecule has 1 aliphatic rings. The Morgan fingerprint density at radius 1 is 1.28 bits per heavy atom. The highest BCUT2D eigenvalue weighted by molar-refractivity contribution is 5.41. The minimum Gasteiger partial charge on any atom is -0.357 e. The van der Waals surface area contributed by atoms with Crippen molar-refractivity contribution in [3.8, 4) is 0 Å². The van der Waals surface area contributed by atoms with Gasteiger partial charge in [-0.05, 0) is 24.5 Å². The van der Waals surface area contributed by atoms with Gasteiger partial charge in [0, 0.05) is 25.8 Å². The van der Waals surface area contributed by atoms with Crippen molar-refractivity contribution in [3.63, 3.8) is 0 Å². The first-order valence-corrected chi connectivity index (χ1v) is 6.00. The summed E-state index contributed by atoms with van der Waals surface area (Å²) in [5.41, 5.74) is 5.33. The molecule has 6 heteroatoms. The van der Waals surface area contributed by atoms with E-state index in [1.807, 2.05) is 0 Å². The number of halogens is 3. The molecule has 3 nitrogen and oxygen atoms in total. The molecule has 1 fully saturated rings. The van der Waals surface area contributed by atoms with Crippen LogP contribution in [0.15, 0.2) is 18.3 Å². The minimum absolute atomic E-state index is 0.132. The van der Waals surface area contributed by atoms with Crippen molar-refractivity contribution in [1.82, 2.24) is 4.98 Å². The van der Waals surface area contributed by atoms with Crippen LogP contribution >= 0.6 is 0 Å². The van der Waals surface area contributed by atoms with Crippen molar-refractivity contribution in [2.24, 2.45) is 5.73 Å². The predicted molar refractivity (Wildman–Crippen MR) is 63.5 cm³/mol. The second-order valence-corrected chi connectivity index (χ2v) is 4.47. The molecule has 0 spiro atoms. The number of rotatable bonds is 3. The molecule has 0 aliphatic carbocycles. The monoisotopic (exact) mass is 259 g/mol. The molecule has 0 bridgehead atoms. The van der Waals surface area contributed by atoms with Crippen molar-refractivity contribution < 1.29 is 13.2 Å². The standard InChI is InChI=1S/C12H16F3N3/c13-12(14,15)10(7-16)9-3-4-11(17-8-9)18-5-1-2-6-18/h3-4,8,10H,1-2,5-7,16H2. The third-order valence-corrected chi connectivity index (χ3v) is 3.23. The minimum atomic E-state index is -4.31. The van der Waals surface area contributed by atoms with E-state index in [1.54, 1.807) is 6.07 Å². The van der Waals surface area contributed by atoms with E-state index in [-0.39, 0.29) is 5.56 Å². The molecule has 1 atom stereocenters. The molecule has 0 radical (unpaired) electrons. The first kappa shape index (κ1) is 13.1. The van der Waals surface area contributed by atoms with Gasteiger partial charge in [-0.25, -0.2) is 4.98 Å². The van der Waals surface area contributed by atoms with E-state index in [0.717, 1.165) is 31.7 Å². The molecular weight excluding hydrogens is 243 g/mol. The van der Waals surface area contributed by atoms with Crippen LogP contribution in [0.4, 0.5) is 19.0 Å². The fourth-order valence-electron chi connectivity index (χ4n) is 2.20. The highest BCUT2D eigenvalue weighted by Gasteiger charge is 2.39. The second kappa shape index (κ2) is 5.14. The summed E-state index contributed by atoms with van der Waals surface area (Å²) in [6.07, 6.45) is -0.806. The Morgan fingerprint density at radius 2 is 1.94 bits per heavy atom. The predicted octanol–water partition coefficient (Wildman–Crippen LogP) is 2.29. The van der Waals surface area contributed by atoms with E-state index in [4.69, 9.17) is 5.73 Å². The van der Waals surface area contributed by atoms with Crippen LogP contribution in [0.25, 0.3) is 0 Å². The number of hydrogen-bond donors (Lipinski definition) is 1. The van der Waals surface area contributed by atoms with E-state index in [1.165, 1.54) is 12.3 Å². The lowest BCUT2D eigenvalue weighted by Gasteiger charge is -2.20. The van der Waals surface area contributed by atoms with Crippen LogP contribution in [-0.2, 0) is 0 Å². The first-order valence-electron chi connectivity index (χ1n) is 6.00. The smallest absolute Gasteiger partial charge is 0.357 e. The maximum atomic E-state index is 12.7. The zero-order valence-corrected chi connectivity index (χ0v) is 9.95. The molecule has 100 valence electrons. The SMILES string of the molecule is NCC(c1ccc(N2CCCC2)nc1)C(F)(F)F. The number of hydrogen-bond acceptors (Lipinski definition) is 3. The van der Waals surface area contributed by atoms with Crippen molar-refractivity contribution in [1.29, 1.82) is 0 Å². The summed E-state index contributed by atoms with van der Waals surface area (Å²) in [5.74, 6) is -0.883. The average molecular weight is 259 g/mol. The summed E-state index contributed by atoms with van der Waals surface area (Å²) in [4.78, 5) is 6.19. The fourth-order valence-corrected chi connectivity index (χ4v) is 2.20. The lowest BCUT2D eigenvalue weighted by molar-refractivity contribution is -0.148. The lowest BCUT2D eigenvalue weighted by Crippen LogP contribution is -2.28. The number of nitrogens with two attached hydrogens (primary N) is 1. The van der Waals surface area contributed by atoms with E-state index in [2.05, 4.69) is 9.88 Å². The van der Waals surface area contributed by atoms with Gasteiger partial charge in [-0.3, -0.25) is 0 Å². The highest BCUT2D eigenvalue weighted by atomic mass is 19.4. The summed E-state index contributed by atoms with van der Waals surface area (Å²) in [6.45, 7) is 1.39. The number of pyridine rings is 1. The van der Waals surface area contributed by atoms with Gasteiger partial charge in [0.15, 0.2) is 0 Å². The first-order chi connectivity index (χ1) is 8.52. The molecule has 2 rings (SSSR count).